The average Bonchev–Trinajstić information content (AvgIpc) is 2.83. The highest BCUT2D eigenvalue weighted by Crippen LogP contribution is 2.32. The Balaban J connectivity index is 2.31. The molecule has 21 heavy (non-hydrogen) atoms. The van der Waals surface area contributed by atoms with Gasteiger partial charge in [-0.25, -0.2) is 0 Å². The van der Waals surface area contributed by atoms with Gasteiger partial charge >= 0.3 is 0 Å². The predicted octanol–water partition coefficient (Wildman–Crippen LogP) is 4.00. The summed E-state index contributed by atoms with van der Waals surface area (Å²) in [5.74, 6) is 0. The van der Waals surface area contributed by atoms with Gasteiger partial charge in [0.1, 0.15) is 5.69 Å². The Labute approximate surface area is 131 Å². The molecule has 1 N–H and O–H groups in total. The molecule has 0 saturated heterocycles. The zero-order chi connectivity index (χ0) is 15.6. The molecule has 7 heteroatoms. The SMILES string of the molecule is CC(O)c1ccc(N(C)Cc2ccc(Cl)s2)c([N+](=O)[O-])c1. The molecule has 2 rings (SSSR count). The summed E-state index contributed by atoms with van der Waals surface area (Å²) in [5.41, 5.74) is 1.02. The molecule has 5 nitrogen and oxygen atoms in total. The Hall–Kier alpha value is -1.63. The fourth-order valence-electron chi connectivity index (χ4n) is 2.02. The van der Waals surface area contributed by atoms with Gasteiger partial charge in [-0.2, -0.15) is 0 Å². The molecule has 0 bridgehead atoms. The van der Waals surface area contributed by atoms with E-state index >= 15 is 0 Å². The molecular formula is C14H15ClN2O3S. The smallest absolute Gasteiger partial charge is 0.292 e. The van der Waals surface area contributed by atoms with Crippen LogP contribution in [0.25, 0.3) is 0 Å². The third-order valence-corrected chi connectivity index (χ3v) is 4.33. The van der Waals surface area contributed by atoms with Crippen LogP contribution >= 0.6 is 22.9 Å². The van der Waals surface area contributed by atoms with Crippen LogP contribution in [-0.2, 0) is 6.54 Å². The normalized spacial score (nSPS) is 12.2. The molecule has 0 spiro atoms. The second-order valence-electron chi connectivity index (χ2n) is 4.74. The quantitative estimate of drug-likeness (QED) is 0.666. The van der Waals surface area contributed by atoms with Crippen molar-refractivity contribution in [3.8, 4) is 0 Å². The van der Waals surface area contributed by atoms with Crippen molar-refractivity contribution in [1.29, 1.82) is 0 Å². The van der Waals surface area contributed by atoms with Gasteiger partial charge in [0.05, 0.1) is 21.9 Å². The lowest BCUT2D eigenvalue weighted by Crippen LogP contribution is -2.17. The molecule has 0 radical (unpaired) electrons. The first kappa shape index (κ1) is 15.8. The van der Waals surface area contributed by atoms with Crippen LogP contribution in [0.2, 0.25) is 4.34 Å². The summed E-state index contributed by atoms with van der Waals surface area (Å²) in [6, 6.07) is 8.48. The number of nitro benzene ring substituents is 1. The van der Waals surface area contributed by atoms with E-state index in [4.69, 9.17) is 11.6 Å². The Morgan fingerprint density at radius 1 is 1.43 bits per heavy atom. The van der Waals surface area contributed by atoms with Gasteiger partial charge in [0.25, 0.3) is 5.69 Å². The fourth-order valence-corrected chi connectivity index (χ4v) is 3.17. The standard InChI is InChI=1S/C14H15ClN2O3S/c1-9(18)10-3-5-12(13(7-10)17(19)20)16(2)8-11-4-6-14(15)21-11/h3-7,9,18H,8H2,1-2H3. The van der Waals surface area contributed by atoms with E-state index in [2.05, 4.69) is 0 Å². The molecule has 1 atom stereocenters. The van der Waals surface area contributed by atoms with Crippen LogP contribution in [0.15, 0.2) is 30.3 Å². The first-order valence-corrected chi connectivity index (χ1v) is 7.49. The van der Waals surface area contributed by atoms with Gasteiger partial charge in [0.2, 0.25) is 0 Å². The summed E-state index contributed by atoms with van der Waals surface area (Å²) in [6.07, 6.45) is -0.737. The molecule has 1 heterocycles. The van der Waals surface area contributed by atoms with Gasteiger partial charge in [-0.1, -0.05) is 17.7 Å². The first-order valence-electron chi connectivity index (χ1n) is 6.30. The van der Waals surface area contributed by atoms with Crippen LogP contribution < -0.4 is 4.90 Å². The number of nitrogens with zero attached hydrogens (tertiary/aromatic N) is 2. The highest BCUT2D eigenvalue weighted by atomic mass is 35.5. The molecule has 1 unspecified atom stereocenters. The van der Waals surface area contributed by atoms with E-state index in [0.29, 0.717) is 22.1 Å². The summed E-state index contributed by atoms with van der Waals surface area (Å²) >= 11 is 7.34. The molecule has 1 aromatic carbocycles. The molecule has 1 aromatic heterocycles. The number of rotatable bonds is 5. The van der Waals surface area contributed by atoms with E-state index < -0.39 is 11.0 Å². The average molecular weight is 327 g/mol. The molecule has 2 aromatic rings. The van der Waals surface area contributed by atoms with Gasteiger partial charge in [0, 0.05) is 18.0 Å². The predicted molar refractivity (Wildman–Crippen MR) is 85.2 cm³/mol. The molecule has 0 amide bonds. The summed E-state index contributed by atoms with van der Waals surface area (Å²) in [6.45, 7) is 2.11. The van der Waals surface area contributed by atoms with Crippen LogP contribution in [0, 0.1) is 10.1 Å². The van der Waals surface area contributed by atoms with E-state index in [0.717, 1.165) is 4.88 Å². The van der Waals surface area contributed by atoms with Crippen molar-refractivity contribution in [2.75, 3.05) is 11.9 Å². The Bertz CT molecular complexity index is 657. The van der Waals surface area contributed by atoms with Gasteiger partial charge in [-0.3, -0.25) is 10.1 Å². The number of benzene rings is 1. The molecule has 0 fully saturated rings. The second kappa shape index (κ2) is 6.43. The lowest BCUT2D eigenvalue weighted by atomic mass is 10.1. The number of aliphatic hydroxyl groups is 1. The third kappa shape index (κ3) is 3.72. The topological polar surface area (TPSA) is 66.6 Å². The molecule has 0 saturated carbocycles. The van der Waals surface area contributed by atoms with Crippen molar-refractivity contribution in [1.82, 2.24) is 0 Å². The molecular weight excluding hydrogens is 312 g/mol. The van der Waals surface area contributed by atoms with E-state index in [1.165, 1.54) is 17.4 Å². The summed E-state index contributed by atoms with van der Waals surface area (Å²) in [5, 5.41) is 20.8. The maximum Gasteiger partial charge on any atom is 0.292 e. The summed E-state index contributed by atoms with van der Waals surface area (Å²) < 4.78 is 0.692. The van der Waals surface area contributed by atoms with Crippen molar-refractivity contribution in [3.63, 3.8) is 0 Å². The van der Waals surface area contributed by atoms with Crippen molar-refractivity contribution in [3.05, 3.63) is 55.2 Å². The van der Waals surface area contributed by atoms with E-state index in [-0.39, 0.29) is 5.69 Å². The van der Waals surface area contributed by atoms with Crippen molar-refractivity contribution < 1.29 is 10.0 Å². The van der Waals surface area contributed by atoms with Crippen LogP contribution in [0.4, 0.5) is 11.4 Å². The number of hydrogen-bond donors (Lipinski definition) is 1. The largest absolute Gasteiger partial charge is 0.389 e. The minimum atomic E-state index is -0.737. The van der Waals surface area contributed by atoms with Gasteiger partial charge in [-0.05, 0) is 30.7 Å². The molecule has 0 aliphatic heterocycles. The summed E-state index contributed by atoms with van der Waals surface area (Å²) in [7, 11) is 1.79. The highest BCUT2D eigenvalue weighted by Gasteiger charge is 2.19. The van der Waals surface area contributed by atoms with Crippen molar-refractivity contribution in [2.24, 2.45) is 0 Å². The Kier molecular flexibility index (Phi) is 4.82. The second-order valence-corrected chi connectivity index (χ2v) is 6.54. The Morgan fingerprint density at radius 2 is 2.14 bits per heavy atom. The summed E-state index contributed by atoms with van der Waals surface area (Å²) in [4.78, 5) is 13.6. The highest BCUT2D eigenvalue weighted by molar-refractivity contribution is 7.16. The number of halogens is 1. The van der Waals surface area contributed by atoms with Crippen LogP contribution in [0.3, 0.4) is 0 Å². The number of thiophene rings is 1. The number of anilines is 1. The van der Waals surface area contributed by atoms with Gasteiger partial charge in [-0.15, -0.1) is 11.3 Å². The molecule has 112 valence electrons. The monoisotopic (exact) mass is 326 g/mol. The van der Waals surface area contributed by atoms with Crippen molar-refractivity contribution >= 4 is 34.3 Å². The van der Waals surface area contributed by atoms with Crippen LogP contribution in [-0.4, -0.2) is 17.1 Å². The van der Waals surface area contributed by atoms with Crippen LogP contribution in [0.5, 0.6) is 0 Å². The molecule has 0 aliphatic carbocycles. The number of aliphatic hydroxyl groups excluding tert-OH is 1. The van der Waals surface area contributed by atoms with E-state index in [1.807, 2.05) is 6.07 Å². The lowest BCUT2D eigenvalue weighted by molar-refractivity contribution is -0.384. The van der Waals surface area contributed by atoms with Gasteiger partial charge in [0.15, 0.2) is 0 Å². The van der Waals surface area contributed by atoms with E-state index in [9.17, 15) is 15.2 Å². The number of hydrogen-bond acceptors (Lipinski definition) is 5. The molecule has 0 aliphatic rings. The maximum absolute atomic E-state index is 11.2. The lowest BCUT2D eigenvalue weighted by Gasteiger charge is -2.19. The van der Waals surface area contributed by atoms with E-state index in [1.54, 1.807) is 37.1 Å². The maximum atomic E-state index is 11.2. The van der Waals surface area contributed by atoms with Gasteiger partial charge < -0.3 is 10.0 Å². The number of nitro groups is 1. The zero-order valence-corrected chi connectivity index (χ0v) is 13.2. The minimum Gasteiger partial charge on any atom is -0.389 e. The Morgan fingerprint density at radius 3 is 2.67 bits per heavy atom. The first-order chi connectivity index (χ1) is 9.88. The zero-order valence-electron chi connectivity index (χ0n) is 11.6. The third-order valence-electron chi connectivity index (χ3n) is 3.11. The van der Waals surface area contributed by atoms with Crippen molar-refractivity contribution in [2.45, 2.75) is 19.6 Å². The fraction of sp³-hybridized carbons (Fsp3) is 0.286. The minimum absolute atomic E-state index is 0.0152. The van der Waals surface area contributed by atoms with Crippen LogP contribution in [0.1, 0.15) is 23.5 Å².